The molecule has 0 aliphatic carbocycles. The van der Waals surface area contributed by atoms with Gasteiger partial charge in [0.1, 0.15) is 0 Å². The molecular weight excluding hydrogens is 563 g/mol. The Morgan fingerprint density at radius 3 is 1.14 bits per heavy atom. The van der Waals surface area contributed by atoms with Gasteiger partial charge in [-0.25, -0.2) is 0 Å². The van der Waals surface area contributed by atoms with Crippen molar-refractivity contribution in [2.75, 3.05) is 0 Å². The summed E-state index contributed by atoms with van der Waals surface area (Å²) in [5.41, 5.74) is 0.278. The van der Waals surface area contributed by atoms with Crippen molar-refractivity contribution >= 4 is 47.7 Å². The maximum atomic E-state index is 15.0. The van der Waals surface area contributed by atoms with Gasteiger partial charge in [0.05, 0.1) is 5.56 Å². The number of halogens is 3. The van der Waals surface area contributed by atoms with E-state index in [4.69, 9.17) is 0 Å². The van der Waals surface area contributed by atoms with Gasteiger partial charge < -0.3 is 0 Å². The molecule has 5 heteroatoms. The second kappa shape index (κ2) is 12.5. The van der Waals surface area contributed by atoms with Crippen LogP contribution >= 0.6 is 15.8 Å². The average Bonchev–Trinajstić information content (AvgIpc) is 3.03. The van der Waals surface area contributed by atoms with Crippen molar-refractivity contribution < 1.29 is 13.2 Å². The van der Waals surface area contributed by atoms with Crippen LogP contribution in [0.5, 0.6) is 0 Å². The lowest BCUT2D eigenvalue weighted by Gasteiger charge is -2.28. The van der Waals surface area contributed by atoms with Crippen LogP contribution in [0.1, 0.15) is 5.56 Å². The van der Waals surface area contributed by atoms with E-state index in [9.17, 15) is 13.2 Å². The highest BCUT2D eigenvalue weighted by Gasteiger charge is 2.37. The lowest BCUT2D eigenvalue weighted by atomic mass is 9.99. The Hall–Kier alpha value is -4.03. The lowest BCUT2D eigenvalue weighted by molar-refractivity contribution is -0.137. The first-order chi connectivity index (χ1) is 20.5. The molecule has 0 radical (unpaired) electrons. The van der Waals surface area contributed by atoms with Crippen LogP contribution in [0.15, 0.2) is 164 Å². The van der Waals surface area contributed by atoms with Crippen molar-refractivity contribution in [2.24, 2.45) is 0 Å². The summed E-state index contributed by atoms with van der Waals surface area (Å²) >= 11 is 0. The lowest BCUT2D eigenvalue weighted by Crippen LogP contribution is -2.27. The Kier molecular flexibility index (Phi) is 8.34. The molecular formula is C37H27F3P2. The molecule has 0 aliphatic rings. The van der Waals surface area contributed by atoms with Gasteiger partial charge in [-0.15, -0.1) is 0 Å². The van der Waals surface area contributed by atoms with Gasteiger partial charge in [0, 0.05) is 5.56 Å². The highest BCUT2D eigenvalue weighted by Crippen LogP contribution is 2.45. The molecule has 0 N–H and O–H groups in total. The Balaban J connectivity index is 1.68. The Morgan fingerprint density at radius 1 is 0.357 bits per heavy atom. The highest BCUT2D eigenvalue weighted by molar-refractivity contribution is 7.80. The fraction of sp³-hybridized carbons (Fsp3) is 0.0270. The van der Waals surface area contributed by atoms with E-state index in [2.05, 4.69) is 24.3 Å². The smallest absolute Gasteiger partial charge is 0.166 e. The van der Waals surface area contributed by atoms with Crippen LogP contribution in [0.4, 0.5) is 13.2 Å². The summed E-state index contributed by atoms with van der Waals surface area (Å²) < 4.78 is 44.9. The Morgan fingerprint density at radius 2 is 0.714 bits per heavy atom. The zero-order valence-corrected chi connectivity index (χ0v) is 24.4. The molecule has 0 amide bonds. The molecule has 42 heavy (non-hydrogen) atoms. The largest absolute Gasteiger partial charge is 0.417 e. The molecule has 6 rings (SSSR count). The minimum absolute atomic E-state index is 0.263. The molecule has 0 nitrogen and oxygen atoms in total. The van der Waals surface area contributed by atoms with Crippen molar-refractivity contribution in [3.05, 3.63) is 169 Å². The third-order valence-corrected chi connectivity index (χ3v) is 12.0. The van der Waals surface area contributed by atoms with E-state index in [1.165, 1.54) is 6.07 Å². The number of alkyl halides is 3. The molecule has 0 aromatic heterocycles. The number of benzene rings is 6. The van der Waals surface area contributed by atoms with Gasteiger partial charge in [-0.3, -0.25) is 0 Å². The number of hydrogen-bond acceptors (Lipinski definition) is 0. The number of hydrogen-bond donors (Lipinski definition) is 0. The van der Waals surface area contributed by atoms with Crippen molar-refractivity contribution in [3.63, 3.8) is 0 Å². The van der Waals surface area contributed by atoms with Gasteiger partial charge in [-0.1, -0.05) is 158 Å². The predicted molar refractivity (Wildman–Crippen MR) is 174 cm³/mol. The first-order valence-electron chi connectivity index (χ1n) is 13.6. The molecule has 206 valence electrons. The molecule has 0 saturated carbocycles. The van der Waals surface area contributed by atoms with E-state index in [0.29, 0.717) is 10.9 Å². The van der Waals surface area contributed by atoms with Crippen molar-refractivity contribution in [1.29, 1.82) is 0 Å². The summed E-state index contributed by atoms with van der Waals surface area (Å²) in [4.78, 5) is 0. The summed E-state index contributed by atoms with van der Waals surface area (Å²) in [5, 5.41) is 5.78. The van der Waals surface area contributed by atoms with E-state index < -0.39 is 27.6 Å². The van der Waals surface area contributed by atoms with E-state index in [-0.39, 0.29) is 5.56 Å². The van der Waals surface area contributed by atoms with Crippen LogP contribution < -0.4 is 31.8 Å². The van der Waals surface area contributed by atoms with Gasteiger partial charge in [0.2, 0.25) is 0 Å². The number of rotatable bonds is 7. The molecule has 6 aromatic carbocycles. The molecule has 6 aromatic rings. The summed E-state index contributed by atoms with van der Waals surface area (Å²) in [6.45, 7) is 0. The first kappa shape index (κ1) is 28.1. The van der Waals surface area contributed by atoms with Crippen LogP contribution in [0, 0.1) is 0 Å². The molecule has 0 fully saturated rings. The van der Waals surface area contributed by atoms with Crippen LogP contribution in [-0.2, 0) is 6.18 Å². The van der Waals surface area contributed by atoms with E-state index in [1.54, 1.807) is 6.07 Å². The minimum atomic E-state index is -4.53. The summed E-state index contributed by atoms with van der Waals surface area (Å²) in [5.74, 6) is 0. The quantitative estimate of drug-likeness (QED) is 0.166. The maximum absolute atomic E-state index is 15.0. The maximum Gasteiger partial charge on any atom is 0.417 e. The molecule has 0 atom stereocenters. The summed E-state index contributed by atoms with van der Waals surface area (Å²) in [7, 11) is -2.43. The fourth-order valence-corrected chi connectivity index (χ4v) is 10.2. The molecule has 0 bridgehead atoms. The summed E-state index contributed by atoms with van der Waals surface area (Å²) in [6.07, 6.45) is -4.53. The topological polar surface area (TPSA) is 0 Å². The molecule has 0 aliphatic heterocycles. The predicted octanol–water partition coefficient (Wildman–Crippen LogP) is 7.89. The molecule has 0 spiro atoms. The van der Waals surface area contributed by atoms with Gasteiger partial charge in [-0.2, -0.15) is 13.2 Å². The fourth-order valence-electron chi connectivity index (χ4n) is 5.29. The second-order valence-electron chi connectivity index (χ2n) is 9.73. The van der Waals surface area contributed by atoms with Crippen molar-refractivity contribution in [1.82, 2.24) is 0 Å². The zero-order valence-electron chi connectivity index (χ0n) is 22.6. The molecule has 0 heterocycles. The van der Waals surface area contributed by atoms with Gasteiger partial charge in [0.25, 0.3) is 0 Å². The highest BCUT2D eigenvalue weighted by atomic mass is 31.1. The van der Waals surface area contributed by atoms with Crippen molar-refractivity contribution in [3.8, 4) is 11.1 Å². The summed E-state index contributed by atoms with van der Waals surface area (Å²) in [6, 6.07) is 52.4. The Labute approximate surface area is 247 Å². The molecule has 0 saturated heterocycles. The van der Waals surface area contributed by atoms with E-state index in [1.807, 2.05) is 127 Å². The average molecular weight is 591 g/mol. The van der Waals surface area contributed by atoms with E-state index >= 15 is 0 Å². The van der Waals surface area contributed by atoms with Crippen LogP contribution in [-0.4, -0.2) is 0 Å². The third-order valence-electron chi connectivity index (χ3n) is 7.06. The zero-order chi connectivity index (χ0) is 28.9. The second-order valence-corrected chi connectivity index (χ2v) is 14.1. The molecule has 0 unspecified atom stereocenters. The third kappa shape index (κ3) is 5.82. The van der Waals surface area contributed by atoms with Gasteiger partial charge in [-0.05, 0) is 59.3 Å². The monoisotopic (exact) mass is 590 g/mol. The van der Waals surface area contributed by atoms with Crippen LogP contribution in [0.3, 0.4) is 0 Å². The van der Waals surface area contributed by atoms with Crippen LogP contribution in [0.25, 0.3) is 11.1 Å². The Bertz CT molecular complexity index is 1680. The minimum Gasteiger partial charge on any atom is -0.166 e. The van der Waals surface area contributed by atoms with Crippen LogP contribution in [0.2, 0.25) is 0 Å². The first-order valence-corrected chi connectivity index (χ1v) is 16.3. The SMILES string of the molecule is FC(F)(F)c1cccc(P(c2ccccc2)c2ccccc2)c1-c1ccccc1P(c1ccccc1)c1ccccc1. The van der Waals surface area contributed by atoms with Gasteiger partial charge in [0.15, 0.2) is 0 Å². The van der Waals surface area contributed by atoms with Gasteiger partial charge >= 0.3 is 6.18 Å². The van der Waals surface area contributed by atoms with E-state index in [0.717, 1.165) is 26.5 Å². The van der Waals surface area contributed by atoms with Crippen molar-refractivity contribution in [2.45, 2.75) is 6.18 Å². The standard InChI is InChI=1S/C37H27F3P2/c38-37(39,40)33-25-15-27-35(42(30-20-9-3-10-21-30)31-22-11-4-12-23-31)36(33)32-24-13-14-26-34(32)41(28-16-5-1-6-17-28)29-18-7-2-8-19-29/h1-27H. The normalized spacial score (nSPS) is 11.6.